The van der Waals surface area contributed by atoms with E-state index >= 15 is 0 Å². The number of carbonyl (C=O) groups is 1. The average molecular weight is 281 g/mol. The molecule has 1 aromatic rings. The van der Waals surface area contributed by atoms with E-state index in [0.717, 1.165) is 12.0 Å². The summed E-state index contributed by atoms with van der Waals surface area (Å²) in [5, 5.41) is 3.14. The molecule has 0 spiro atoms. The molecule has 0 heterocycles. The minimum atomic E-state index is -0.296. The van der Waals surface area contributed by atoms with Crippen LogP contribution < -0.4 is 14.8 Å². The van der Waals surface area contributed by atoms with E-state index < -0.39 is 0 Å². The first kappa shape index (κ1) is 16.3. The fourth-order valence-electron chi connectivity index (χ4n) is 1.82. The molecule has 5 nitrogen and oxygen atoms in total. The van der Waals surface area contributed by atoms with Gasteiger partial charge in [-0.15, -0.1) is 0 Å². The quantitative estimate of drug-likeness (QED) is 0.736. The van der Waals surface area contributed by atoms with Crippen LogP contribution in [0.3, 0.4) is 0 Å². The maximum absolute atomic E-state index is 11.4. The average Bonchev–Trinajstić information content (AvgIpc) is 2.47. The molecule has 1 unspecified atom stereocenters. The second-order valence-corrected chi connectivity index (χ2v) is 4.37. The molecule has 0 fully saturated rings. The molecule has 0 saturated heterocycles. The van der Waals surface area contributed by atoms with Gasteiger partial charge in [0.15, 0.2) is 11.5 Å². The first-order chi connectivity index (χ1) is 9.62. The van der Waals surface area contributed by atoms with Crippen LogP contribution in [-0.2, 0) is 16.0 Å². The Kier molecular flexibility index (Phi) is 6.87. The molecule has 0 saturated carbocycles. The number of hydrogen-bond acceptors (Lipinski definition) is 5. The minimum absolute atomic E-state index is 0.222. The molecule has 1 rings (SSSR count). The van der Waals surface area contributed by atoms with E-state index in [9.17, 15) is 4.79 Å². The fraction of sp³-hybridized carbons (Fsp3) is 0.533. The van der Waals surface area contributed by atoms with Crippen molar-refractivity contribution in [1.82, 2.24) is 5.32 Å². The molecule has 1 N–H and O–H groups in total. The van der Waals surface area contributed by atoms with Gasteiger partial charge in [-0.05, 0) is 44.5 Å². The number of ether oxygens (including phenoxy) is 3. The van der Waals surface area contributed by atoms with Gasteiger partial charge in [0.25, 0.3) is 0 Å². The van der Waals surface area contributed by atoms with Gasteiger partial charge in [0.1, 0.15) is 6.04 Å². The Morgan fingerprint density at radius 1 is 1.25 bits per heavy atom. The third kappa shape index (κ3) is 4.74. The minimum Gasteiger partial charge on any atom is -0.493 e. The van der Waals surface area contributed by atoms with E-state index in [1.54, 1.807) is 28.1 Å². The van der Waals surface area contributed by atoms with Crippen LogP contribution in [0.2, 0.25) is 0 Å². The molecule has 0 aliphatic rings. The summed E-state index contributed by atoms with van der Waals surface area (Å²) in [5.74, 6) is 1.20. The Hall–Kier alpha value is -1.75. The van der Waals surface area contributed by atoms with Gasteiger partial charge in [-0.1, -0.05) is 6.07 Å². The number of carbonyl (C=O) groups excluding carboxylic acids is 1. The van der Waals surface area contributed by atoms with Gasteiger partial charge in [0, 0.05) is 0 Å². The van der Waals surface area contributed by atoms with E-state index in [4.69, 9.17) is 14.2 Å². The fourth-order valence-corrected chi connectivity index (χ4v) is 1.82. The molecule has 0 aliphatic heterocycles. The third-order valence-corrected chi connectivity index (χ3v) is 2.95. The van der Waals surface area contributed by atoms with Gasteiger partial charge in [-0.3, -0.25) is 4.79 Å². The zero-order valence-electron chi connectivity index (χ0n) is 12.6. The molecule has 5 heteroatoms. The lowest BCUT2D eigenvalue weighted by Crippen LogP contribution is -2.36. The molecule has 1 atom stereocenters. The van der Waals surface area contributed by atoms with Crippen LogP contribution in [0.15, 0.2) is 18.2 Å². The zero-order valence-corrected chi connectivity index (χ0v) is 12.6. The summed E-state index contributed by atoms with van der Waals surface area (Å²) in [7, 11) is 3.23. The highest BCUT2D eigenvalue weighted by Gasteiger charge is 2.12. The van der Waals surface area contributed by atoms with Crippen LogP contribution in [0.25, 0.3) is 0 Å². The number of esters is 1. The van der Waals surface area contributed by atoms with Crippen LogP contribution in [-0.4, -0.2) is 39.4 Å². The number of benzene rings is 1. The summed E-state index contributed by atoms with van der Waals surface area (Å²) in [6, 6.07) is 5.51. The lowest BCUT2D eigenvalue weighted by molar-refractivity contribution is -0.145. The van der Waals surface area contributed by atoms with Gasteiger partial charge in [-0.2, -0.15) is 0 Å². The van der Waals surface area contributed by atoms with Crippen molar-refractivity contribution in [3.63, 3.8) is 0 Å². The Bertz CT molecular complexity index is 434. The van der Waals surface area contributed by atoms with Crippen molar-refractivity contribution in [2.45, 2.75) is 26.3 Å². The highest BCUT2D eigenvalue weighted by molar-refractivity contribution is 5.75. The maximum Gasteiger partial charge on any atom is 0.322 e. The van der Waals surface area contributed by atoms with E-state index in [-0.39, 0.29) is 12.0 Å². The van der Waals surface area contributed by atoms with Crippen LogP contribution in [0.5, 0.6) is 11.5 Å². The predicted octanol–water partition coefficient (Wildman–Crippen LogP) is 1.79. The smallest absolute Gasteiger partial charge is 0.322 e. The molecule has 0 amide bonds. The summed E-state index contributed by atoms with van der Waals surface area (Å²) in [6.45, 7) is 4.69. The monoisotopic (exact) mass is 281 g/mol. The standard InChI is InChI=1S/C15H23NO4/c1-5-20-15(17)11(2)16-9-8-12-6-7-13(18-3)14(10-12)19-4/h6-7,10-11,16H,5,8-9H2,1-4H3. The van der Waals surface area contributed by atoms with Crippen molar-refractivity contribution >= 4 is 5.97 Å². The summed E-state index contributed by atoms with van der Waals surface area (Å²) in [5.41, 5.74) is 1.12. The second kappa shape index (κ2) is 8.43. The van der Waals surface area contributed by atoms with Crippen molar-refractivity contribution in [3.8, 4) is 11.5 Å². The lowest BCUT2D eigenvalue weighted by Gasteiger charge is -2.13. The Morgan fingerprint density at radius 2 is 1.95 bits per heavy atom. The van der Waals surface area contributed by atoms with Crippen LogP contribution >= 0.6 is 0 Å². The highest BCUT2D eigenvalue weighted by atomic mass is 16.5. The molecule has 0 aromatic heterocycles. The predicted molar refractivity (Wildman–Crippen MR) is 77.3 cm³/mol. The largest absolute Gasteiger partial charge is 0.493 e. The SMILES string of the molecule is CCOC(=O)C(C)NCCc1ccc(OC)c(OC)c1. The summed E-state index contributed by atoms with van der Waals surface area (Å²) in [4.78, 5) is 11.4. The van der Waals surface area contributed by atoms with Crippen LogP contribution in [0.4, 0.5) is 0 Å². The number of rotatable bonds is 8. The van der Waals surface area contributed by atoms with Crippen LogP contribution in [0, 0.1) is 0 Å². The van der Waals surface area contributed by atoms with Crippen molar-refractivity contribution in [3.05, 3.63) is 23.8 Å². The van der Waals surface area contributed by atoms with E-state index in [2.05, 4.69) is 5.32 Å². The van der Waals surface area contributed by atoms with Gasteiger partial charge in [-0.25, -0.2) is 0 Å². The lowest BCUT2D eigenvalue weighted by atomic mass is 10.1. The number of methoxy groups -OCH3 is 2. The van der Waals surface area contributed by atoms with Gasteiger partial charge in [0.05, 0.1) is 20.8 Å². The molecule has 1 aromatic carbocycles. The van der Waals surface area contributed by atoms with Crippen molar-refractivity contribution < 1.29 is 19.0 Å². The summed E-state index contributed by atoms with van der Waals surface area (Å²) >= 11 is 0. The molecule has 0 radical (unpaired) electrons. The number of hydrogen-bond donors (Lipinski definition) is 1. The third-order valence-electron chi connectivity index (χ3n) is 2.95. The number of nitrogens with one attached hydrogen (secondary N) is 1. The summed E-state index contributed by atoms with van der Waals surface area (Å²) < 4.78 is 15.4. The Balaban J connectivity index is 2.48. The second-order valence-electron chi connectivity index (χ2n) is 4.37. The maximum atomic E-state index is 11.4. The van der Waals surface area contributed by atoms with E-state index in [1.165, 1.54) is 0 Å². The van der Waals surface area contributed by atoms with Gasteiger partial charge >= 0.3 is 5.97 Å². The van der Waals surface area contributed by atoms with Crippen molar-refractivity contribution in [1.29, 1.82) is 0 Å². The summed E-state index contributed by atoms with van der Waals surface area (Å²) in [6.07, 6.45) is 0.796. The molecular formula is C15H23NO4. The van der Waals surface area contributed by atoms with E-state index in [1.807, 2.05) is 18.2 Å². The molecular weight excluding hydrogens is 258 g/mol. The zero-order chi connectivity index (χ0) is 15.0. The Morgan fingerprint density at radius 3 is 2.55 bits per heavy atom. The first-order valence-corrected chi connectivity index (χ1v) is 6.73. The van der Waals surface area contributed by atoms with Crippen LogP contribution in [0.1, 0.15) is 19.4 Å². The molecule has 0 bridgehead atoms. The molecule has 20 heavy (non-hydrogen) atoms. The van der Waals surface area contributed by atoms with Gasteiger partial charge in [0.2, 0.25) is 0 Å². The topological polar surface area (TPSA) is 56.8 Å². The molecule has 0 aliphatic carbocycles. The van der Waals surface area contributed by atoms with Gasteiger partial charge < -0.3 is 19.5 Å². The normalized spacial score (nSPS) is 11.8. The highest BCUT2D eigenvalue weighted by Crippen LogP contribution is 2.27. The molecule has 112 valence electrons. The van der Waals surface area contributed by atoms with Crippen molar-refractivity contribution in [2.75, 3.05) is 27.4 Å². The van der Waals surface area contributed by atoms with Crippen molar-refractivity contribution in [2.24, 2.45) is 0 Å². The van der Waals surface area contributed by atoms with E-state index in [0.29, 0.717) is 24.7 Å². The Labute approximate surface area is 120 Å². The first-order valence-electron chi connectivity index (χ1n) is 6.73.